The molecule has 6 aromatic rings. The average Bonchev–Trinajstić information content (AvgIpc) is 3.85. The monoisotopic (exact) mass is 948 g/mol. The zero-order valence-electron chi connectivity index (χ0n) is 50.3. The molecule has 2 aliphatic heterocycles. The Kier molecular flexibility index (Phi) is 8.54. The Morgan fingerprint density at radius 2 is 0.857 bits per heavy atom. The van der Waals surface area contributed by atoms with Gasteiger partial charge in [0.25, 0.3) is 6.71 Å². The molecule has 0 saturated carbocycles. The lowest BCUT2D eigenvalue weighted by molar-refractivity contribution is 0.332. The van der Waals surface area contributed by atoms with Crippen LogP contribution in [0, 0.1) is 0 Å². The number of nitrogens with zero attached hydrogens (tertiary/aromatic N) is 2. The second-order valence-electron chi connectivity index (χ2n) is 28.0. The number of fused-ring (bicyclic) bond motifs is 9. The maximum atomic E-state index is 9.61. The molecule has 0 saturated heterocycles. The molecule has 362 valence electrons. The molecule has 0 atom stereocenters. The number of hydrogen-bond acceptors (Lipinski definition) is 3. The smallest absolute Gasteiger partial charge is 0.264 e. The van der Waals surface area contributed by atoms with Crippen LogP contribution in [-0.4, -0.2) is 6.71 Å². The highest BCUT2D eigenvalue weighted by atomic mass is 32.1. The van der Waals surface area contributed by atoms with Crippen molar-refractivity contribution in [3.8, 4) is 11.1 Å². The third-order valence-electron chi connectivity index (χ3n) is 19.5. The van der Waals surface area contributed by atoms with E-state index < -0.39 is 0 Å². The van der Waals surface area contributed by atoms with E-state index >= 15 is 0 Å². The molecule has 0 N–H and O–H groups in total. The molecule has 0 spiro atoms. The third-order valence-corrected chi connectivity index (χ3v) is 21.1. The Bertz CT molecular complexity index is 3470. The summed E-state index contributed by atoms with van der Waals surface area (Å²) >= 11 is 2.05. The lowest BCUT2D eigenvalue weighted by Crippen LogP contribution is -2.61. The quantitative estimate of drug-likeness (QED) is 0.163. The second-order valence-corrected chi connectivity index (χ2v) is 29.1. The van der Waals surface area contributed by atoms with E-state index in [1.54, 1.807) is 0 Å². The van der Waals surface area contributed by atoms with Crippen molar-refractivity contribution in [2.45, 2.75) is 205 Å². The van der Waals surface area contributed by atoms with Crippen molar-refractivity contribution in [3.05, 3.63) is 135 Å². The molecular weight excluding hydrogens is 864 g/mol. The van der Waals surface area contributed by atoms with E-state index in [0.717, 1.165) is 74.1 Å². The van der Waals surface area contributed by atoms with Crippen LogP contribution in [0.5, 0.6) is 0 Å². The Balaban J connectivity index is 1.28. The molecule has 4 aliphatic carbocycles. The van der Waals surface area contributed by atoms with Crippen molar-refractivity contribution in [2.75, 3.05) is 9.80 Å². The highest BCUT2D eigenvalue weighted by molar-refractivity contribution is 7.29. The molecular formula is C66H79BN2S. The van der Waals surface area contributed by atoms with Gasteiger partial charge in [0, 0.05) is 38.1 Å². The minimum atomic E-state index is -0.376. The van der Waals surface area contributed by atoms with Crippen molar-refractivity contribution < 1.29 is 6.85 Å². The van der Waals surface area contributed by atoms with Crippen LogP contribution in [-0.2, 0) is 43.3 Å². The van der Waals surface area contributed by atoms with Gasteiger partial charge in [-0.25, -0.2) is 0 Å². The Morgan fingerprint density at radius 3 is 1.39 bits per heavy atom. The van der Waals surface area contributed by atoms with E-state index in [1.807, 2.05) is 11.3 Å². The first-order chi connectivity index (χ1) is 34.7. The van der Waals surface area contributed by atoms with E-state index in [9.17, 15) is 2.74 Å². The van der Waals surface area contributed by atoms with Crippen LogP contribution in [0.1, 0.15) is 213 Å². The maximum absolute atomic E-state index is 9.61. The van der Waals surface area contributed by atoms with Crippen LogP contribution in [0.2, 0.25) is 0 Å². The SMILES string of the molecule is [2H]c1c([2H])c([2H])c(-c2cc3c4c(c2)N(c2ccc5c(c2)C(C)(C)CCC5(C)C)c2c(sc5c2C(C)(C)CCC5(C)C)B4c2cc4c(cc2N3c2ccc3c(c2)C(C)(C)CCC3(C)C)C(C)(C)CCC4(C)C)c([2H])c1[2H]. The zero-order chi connectivity index (χ0) is 54.0. The number of thiophene rings is 1. The van der Waals surface area contributed by atoms with Crippen LogP contribution in [0.25, 0.3) is 11.1 Å². The third kappa shape index (κ3) is 6.62. The predicted octanol–water partition coefficient (Wildman–Crippen LogP) is 16.9. The van der Waals surface area contributed by atoms with E-state index in [1.165, 1.54) is 70.9 Å². The van der Waals surface area contributed by atoms with E-state index in [2.05, 4.69) is 181 Å². The molecule has 70 heavy (non-hydrogen) atoms. The largest absolute Gasteiger partial charge is 0.311 e. The normalized spacial score (nSPS) is 23.7. The maximum Gasteiger partial charge on any atom is 0.264 e. The lowest BCUT2D eigenvalue weighted by Gasteiger charge is -2.48. The molecule has 4 heteroatoms. The Morgan fingerprint density at radius 1 is 0.429 bits per heavy atom. The standard InChI is InChI=1S/C66H79BN2S/c1-59(2)26-28-61(5,6)46-36-42(22-24-44(46)59)68-51-39-49-48(63(9,10)30-31-64(49,11)12)38-50(51)67-55-52(68)34-41(40-20-18-17-19-21-40)35-53(55)69(43-23-25-45-47(37-43)62(7,8)29-27-60(45,3)4)56-54-57(70-58(56)67)66(15,16)33-32-65(54,13)14/h17-25,34-39H,26-33H2,1-16H3/i17D,18D,19D,20D,21D. The number of anilines is 6. The van der Waals surface area contributed by atoms with Gasteiger partial charge in [0.1, 0.15) is 0 Å². The summed E-state index contributed by atoms with van der Waals surface area (Å²) in [4.78, 5) is 6.62. The highest BCUT2D eigenvalue weighted by Gasteiger charge is 2.53. The summed E-state index contributed by atoms with van der Waals surface area (Å²) in [6, 6.07) is 22.8. The van der Waals surface area contributed by atoms with E-state index in [-0.39, 0.29) is 85.8 Å². The summed E-state index contributed by atoms with van der Waals surface area (Å²) in [7, 11) is 0. The van der Waals surface area contributed by atoms with Crippen molar-refractivity contribution in [3.63, 3.8) is 0 Å². The minimum Gasteiger partial charge on any atom is -0.311 e. The van der Waals surface area contributed by atoms with Gasteiger partial charge in [0.15, 0.2) is 0 Å². The lowest BCUT2D eigenvalue weighted by atomic mass is 9.35. The van der Waals surface area contributed by atoms with Gasteiger partial charge in [-0.3, -0.25) is 0 Å². The molecule has 2 nitrogen and oxygen atoms in total. The van der Waals surface area contributed by atoms with Crippen LogP contribution < -0.4 is 25.5 Å². The molecule has 0 amide bonds. The molecule has 0 fully saturated rings. The molecule has 12 rings (SSSR count). The molecule has 1 aromatic heterocycles. The summed E-state index contributed by atoms with van der Waals surface area (Å²) in [5.41, 5.74) is 19.6. The van der Waals surface area contributed by atoms with Crippen molar-refractivity contribution >= 4 is 67.9 Å². The molecule has 0 radical (unpaired) electrons. The van der Waals surface area contributed by atoms with Gasteiger partial charge in [-0.05, 0) is 198 Å². The Hall–Kier alpha value is -4.54. The van der Waals surface area contributed by atoms with Crippen molar-refractivity contribution in [1.82, 2.24) is 0 Å². The first-order valence-electron chi connectivity index (χ1n) is 29.2. The molecule has 5 aromatic carbocycles. The van der Waals surface area contributed by atoms with Crippen LogP contribution in [0.15, 0.2) is 90.9 Å². The van der Waals surface area contributed by atoms with Crippen molar-refractivity contribution in [1.29, 1.82) is 0 Å². The van der Waals surface area contributed by atoms with Gasteiger partial charge < -0.3 is 9.80 Å². The summed E-state index contributed by atoms with van der Waals surface area (Å²) in [6.07, 6.45) is 8.80. The fraction of sp³-hybridized carbons (Fsp3) is 0.485. The Labute approximate surface area is 433 Å². The summed E-state index contributed by atoms with van der Waals surface area (Å²) < 4.78 is 47.5. The van der Waals surface area contributed by atoms with E-state index in [4.69, 9.17) is 4.11 Å². The van der Waals surface area contributed by atoms with Crippen LogP contribution in [0.4, 0.5) is 34.1 Å². The predicted molar refractivity (Wildman–Crippen MR) is 305 cm³/mol. The highest BCUT2D eigenvalue weighted by Crippen LogP contribution is 2.59. The topological polar surface area (TPSA) is 6.48 Å². The van der Waals surface area contributed by atoms with Gasteiger partial charge in [-0.15, -0.1) is 0 Å². The average molecular weight is 948 g/mol. The molecule has 0 unspecified atom stereocenters. The van der Waals surface area contributed by atoms with Gasteiger partial charge in [-0.1, -0.05) is 159 Å². The number of benzene rings is 5. The van der Waals surface area contributed by atoms with Crippen LogP contribution in [0.3, 0.4) is 0 Å². The zero-order valence-corrected chi connectivity index (χ0v) is 46.1. The summed E-state index contributed by atoms with van der Waals surface area (Å²) in [5.74, 6) is 0. The molecule has 6 aliphatic rings. The fourth-order valence-electron chi connectivity index (χ4n) is 14.4. The van der Waals surface area contributed by atoms with Crippen molar-refractivity contribution in [2.24, 2.45) is 0 Å². The van der Waals surface area contributed by atoms with E-state index in [0.29, 0.717) is 5.56 Å². The summed E-state index contributed by atoms with van der Waals surface area (Å²) in [6.45, 7) is 38.8. The van der Waals surface area contributed by atoms with Gasteiger partial charge >= 0.3 is 0 Å². The first-order valence-corrected chi connectivity index (χ1v) is 27.5. The fourth-order valence-corrected chi connectivity index (χ4v) is 16.1. The van der Waals surface area contributed by atoms with Crippen LogP contribution >= 0.6 is 11.3 Å². The molecule has 3 heterocycles. The van der Waals surface area contributed by atoms with Gasteiger partial charge in [0.2, 0.25) is 0 Å². The first kappa shape index (κ1) is 41.0. The minimum absolute atomic E-state index is 0.0262. The second kappa shape index (κ2) is 14.6. The number of rotatable bonds is 3. The van der Waals surface area contributed by atoms with Gasteiger partial charge in [0.05, 0.1) is 12.5 Å². The summed E-state index contributed by atoms with van der Waals surface area (Å²) in [5, 5.41) is 0. The number of hydrogen-bond donors (Lipinski definition) is 0. The van der Waals surface area contributed by atoms with Gasteiger partial charge in [-0.2, -0.15) is 11.3 Å². The molecule has 0 bridgehead atoms.